The Hall–Kier alpha value is -1.72. The van der Waals surface area contributed by atoms with E-state index in [2.05, 4.69) is 0 Å². The summed E-state index contributed by atoms with van der Waals surface area (Å²) in [4.78, 5) is 0.126. The Morgan fingerprint density at radius 3 is 2.04 bits per heavy atom. The molecular formula is C17H19ClO4S. The predicted octanol–water partition coefficient (Wildman–Crippen LogP) is 4.35. The van der Waals surface area contributed by atoms with Gasteiger partial charge in [0.05, 0.1) is 7.11 Å². The summed E-state index contributed by atoms with van der Waals surface area (Å²) in [6.07, 6.45) is 0. The van der Waals surface area contributed by atoms with Crippen molar-refractivity contribution in [3.05, 3.63) is 51.5 Å². The third-order valence-corrected chi connectivity index (χ3v) is 5.78. The Morgan fingerprint density at radius 2 is 1.52 bits per heavy atom. The van der Waals surface area contributed by atoms with Gasteiger partial charge in [-0.05, 0) is 74.2 Å². The quantitative estimate of drug-likeness (QED) is 0.766. The van der Waals surface area contributed by atoms with Gasteiger partial charge in [0.1, 0.15) is 16.4 Å². The fourth-order valence-corrected chi connectivity index (χ4v) is 3.70. The van der Waals surface area contributed by atoms with E-state index in [1.54, 1.807) is 46.1 Å². The molecule has 0 aromatic heterocycles. The highest BCUT2D eigenvalue weighted by molar-refractivity contribution is 7.87. The lowest BCUT2D eigenvalue weighted by molar-refractivity contribution is 0.410. The van der Waals surface area contributed by atoms with Gasteiger partial charge in [-0.2, -0.15) is 8.42 Å². The molecule has 2 aromatic carbocycles. The first-order valence-corrected chi connectivity index (χ1v) is 8.81. The monoisotopic (exact) mass is 354 g/mol. The standard InChI is InChI=1S/C17H19ClO4S/c1-10-8-14(9-11(2)17(10)18)22-23(19,20)16-7-6-15(21-5)12(3)13(16)4/h6-9H,1-5H3. The number of benzene rings is 2. The number of hydrogen-bond donors (Lipinski definition) is 0. The van der Waals surface area contributed by atoms with Crippen molar-refractivity contribution in [1.29, 1.82) is 0 Å². The number of halogens is 1. The fourth-order valence-electron chi connectivity index (χ4n) is 2.39. The predicted molar refractivity (Wildman–Crippen MR) is 91.2 cm³/mol. The molecule has 0 fully saturated rings. The van der Waals surface area contributed by atoms with Crippen LogP contribution in [-0.4, -0.2) is 15.5 Å². The van der Waals surface area contributed by atoms with Gasteiger partial charge in [-0.1, -0.05) is 11.6 Å². The normalized spacial score (nSPS) is 11.4. The van der Waals surface area contributed by atoms with Crippen LogP contribution in [0.1, 0.15) is 22.3 Å². The summed E-state index contributed by atoms with van der Waals surface area (Å²) >= 11 is 6.10. The van der Waals surface area contributed by atoms with Gasteiger partial charge in [0.2, 0.25) is 0 Å². The van der Waals surface area contributed by atoms with Crippen LogP contribution in [-0.2, 0) is 10.1 Å². The van der Waals surface area contributed by atoms with Crippen LogP contribution in [0, 0.1) is 27.7 Å². The summed E-state index contributed by atoms with van der Waals surface area (Å²) < 4.78 is 35.7. The topological polar surface area (TPSA) is 52.6 Å². The number of methoxy groups -OCH3 is 1. The maximum atomic E-state index is 12.6. The molecule has 6 heteroatoms. The first-order chi connectivity index (χ1) is 10.7. The van der Waals surface area contributed by atoms with Crippen molar-refractivity contribution < 1.29 is 17.3 Å². The fraction of sp³-hybridized carbons (Fsp3) is 0.294. The molecule has 2 rings (SSSR count). The highest BCUT2D eigenvalue weighted by Crippen LogP contribution is 2.31. The smallest absolute Gasteiger partial charge is 0.339 e. The first-order valence-electron chi connectivity index (χ1n) is 7.02. The number of hydrogen-bond acceptors (Lipinski definition) is 4. The van der Waals surface area contributed by atoms with Crippen LogP contribution in [0.2, 0.25) is 5.02 Å². The number of ether oxygens (including phenoxy) is 1. The van der Waals surface area contributed by atoms with Crippen LogP contribution in [0.3, 0.4) is 0 Å². The Labute approximate surface area is 142 Å². The SMILES string of the molecule is COc1ccc(S(=O)(=O)Oc2cc(C)c(Cl)c(C)c2)c(C)c1C. The zero-order valence-electron chi connectivity index (χ0n) is 13.7. The molecule has 0 atom stereocenters. The highest BCUT2D eigenvalue weighted by atomic mass is 35.5. The van der Waals surface area contributed by atoms with Gasteiger partial charge in [-0.25, -0.2) is 0 Å². The van der Waals surface area contributed by atoms with Gasteiger partial charge in [-0.3, -0.25) is 0 Å². The lowest BCUT2D eigenvalue weighted by Crippen LogP contribution is -2.12. The van der Waals surface area contributed by atoms with Crippen LogP contribution in [0.5, 0.6) is 11.5 Å². The minimum absolute atomic E-state index is 0.126. The third kappa shape index (κ3) is 3.46. The molecule has 124 valence electrons. The minimum Gasteiger partial charge on any atom is -0.496 e. The van der Waals surface area contributed by atoms with Crippen LogP contribution in [0.4, 0.5) is 0 Å². The second-order valence-corrected chi connectivity index (χ2v) is 7.32. The molecule has 0 saturated heterocycles. The van der Waals surface area contributed by atoms with E-state index in [0.717, 1.165) is 16.7 Å². The van der Waals surface area contributed by atoms with Gasteiger partial charge in [0, 0.05) is 5.02 Å². The maximum absolute atomic E-state index is 12.6. The highest BCUT2D eigenvalue weighted by Gasteiger charge is 2.22. The molecule has 0 saturated carbocycles. The van der Waals surface area contributed by atoms with E-state index in [1.807, 2.05) is 6.92 Å². The molecule has 0 aliphatic carbocycles. The molecule has 4 nitrogen and oxygen atoms in total. The van der Waals surface area contributed by atoms with E-state index in [4.69, 9.17) is 20.5 Å². The van der Waals surface area contributed by atoms with Gasteiger partial charge in [-0.15, -0.1) is 0 Å². The molecule has 23 heavy (non-hydrogen) atoms. The van der Waals surface area contributed by atoms with Crippen LogP contribution in [0.25, 0.3) is 0 Å². The molecule has 0 unspecified atom stereocenters. The molecule has 0 amide bonds. The summed E-state index contributed by atoms with van der Waals surface area (Å²) in [5.74, 6) is 0.886. The Bertz CT molecular complexity index is 834. The van der Waals surface area contributed by atoms with Crippen molar-refractivity contribution in [3.8, 4) is 11.5 Å². The van der Waals surface area contributed by atoms with Crippen LogP contribution in [0.15, 0.2) is 29.2 Å². The maximum Gasteiger partial charge on any atom is 0.339 e. The molecule has 0 aliphatic rings. The third-order valence-electron chi connectivity index (χ3n) is 3.79. The molecule has 0 spiro atoms. The van der Waals surface area contributed by atoms with E-state index >= 15 is 0 Å². The molecule has 0 bridgehead atoms. The molecular weight excluding hydrogens is 336 g/mol. The molecule has 0 heterocycles. The number of rotatable bonds is 4. The largest absolute Gasteiger partial charge is 0.496 e. The Kier molecular flexibility index (Phi) is 4.92. The first kappa shape index (κ1) is 17.6. The molecule has 2 aromatic rings. The summed E-state index contributed by atoms with van der Waals surface area (Å²) in [7, 11) is -2.39. The van der Waals surface area contributed by atoms with E-state index in [1.165, 1.54) is 6.07 Å². The van der Waals surface area contributed by atoms with Crippen LogP contribution < -0.4 is 8.92 Å². The molecule has 0 N–H and O–H groups in total. The van der Waals surface area contributed by atoms with E-state index in [-0.39, 0.29) is 10.6 Å². The average Bonchev–Trinajstić information content (AvgIpc) is 2.46. The molecule has 0 aliphatic heterocycles. The summed E-state index contributed by atoms with van der Waals surface area (Å²) in [5.41, 5.74) is 2.89. The van der Waals surface area contributed by atoms with Crippen molar-refractivity contribution in [3.63, 3.8) is 0 Å². The Balaban J connectivity index is 2.46. The van der Waals surface area contributed by atoms with Gasteiger partial charge in [0.25, 0.3) is 0 Å². The van der Waals surface area contributed by atoms with Crippen molar-refractivity contribution in [1.82, 2.24) is 0 Å². The van der Waals surface area contributed by atoms with E-state index < -0.39 is 10.1 Å². The van der Waals surface area contributed by atoms with Crippen LogP contribution >= 0.6 is 11.6 Å². The summed E-state index contributed by atoms with van der Waals surface area (Å²) in [6.45, 7) is 7.14. The van der Waals surface area contributed by atoms with Gasteiger partial charge in [0.15, 0.2) is 0 Å². The summed E-state index contributed by atoms with van der Waals surface area (Å²) in [6, 6.07) is 6.33. The van der Waals surface area contributed by atoms with E-state index in [0.29, 0.717) is 16.3 Å². The van der Waals surface area contributed by atoms with Crippen molar-refractivity contribution in [2.24, 2.45) is 0 Å². The summed E-state index contributed by atoms with van der Waals surface area (Å²) in [5, 5.41) is 0.603. The van der Waals surface area contributed by atoms with Gasteiger partial charge < -0.3 is 8.92 Å². The second kappa shape index (κ2) is 6.42. The zero-order chi connectivity index (χ0) is 17.4. The Morgan fingerprint density at radius 1 is 0.957 bits per heavy atom. The molecule has 0 radical (unpaired) electrons. The minimum atomic E-state index is -3.94. The number of aryl methyl sites for hydroxylation is 2. The second-order valence-electron chi connectivity index (χ2n) is 5.42. The van der Waals surface area contributed by atoms with Crippen molar-refractivity contribution in [2.75, 3.05) is 7.11 Å². The van der Waals surface area contributed by atoms with E-state index in [9.17, 15) is 8.42 Å². The average molecular weight is 355 g/mol. The lowest BCUT2D eigenvalue weighted by Gasteiger charge is -2.14. The lowest BCUT2D eigenvalue weighted by atomic mass is 10.1. The zero-order valence-corrected chi connectivity index (χ0v) is 15.3. The van der Waals surface area contributed by atoms with Crippen molar-refractivity contribution >= 4 is 21.7 Å². The van der Waals surface area contributed by atoms with Gasteiger partial charge >= 0.3 is 10.1 Å². The van der Waals surface area contributed by atoms with Crippen molar-refractivity contribution in [2.45, 2.75) is 32.6 Å².